The van der Waals surface area contributed by atoms with Gasteiger partial charge < -0.3 is 14.8 Å². The largest absolute Gasteiger partial charge is 0.497 e. The van der Waals surface area contributed by atoms with E-state index in [9.17, 15) is 9.59 Å². The summed E-state index contributed by atoms with van der Waals surface area (Å²) in [6, 6.07) is 14.0. The van der Waals surface area contributed by atoms with E-state index in [0.717, 1.165) is 5.56 Å². The Kier molecular flexibility index (Phi) is 5.52. The molecule has 0 aliphatic carbocycles. The molecular formula is C18H17NO4. The lowest BCUT2D eigenvalue weighted by Crippen LogP contribution is -2.12. The fraction of sp³-hybridized carbons (Fsp3) is 0.111. The van der Waals surface area contributed by atoms with E-state index in [1.807, 2.05) is 24.3 Å². The van der Waals surface area contributed by atoms with E-state index in [4.69, 9.17) is 9.47 Å². The van der Waals surface area contributed by atoms with Gasteiger partial charge in [-0.15, -0.1) is 0 Å². The van der Waals surface area contributed by atoms with Crippen molar-refractivity contribution in [2.45, 2.75) is 0 Å². The van der Waals surface area contributed by atoms with Crippen LogP contribution in [0.25, 0.3) is 6.08 Å². The predicted molar refractivity (Wildman–Crippen MR) is 88.4 cm³/mol. The smallest absolute Gasteiger partial charge is 0.339 e. The van der Waals surface area contributed by atoms with Gasteiger partial charge in [-0.3, -0.25) is 4.79 Å². The van der Waals surface area contributed by atoms with Crippen molar-refractivity contribution in [3.05, 3.63) is 65.7 Å². The molecule has 2 aromatic carbocycles. The van der Waals surface area contributed by atoms with Gasteiger partial charge in [0.05, 0.1) is 25.5 Å². The third-order valence-corrected chi connectivity index (χ3v) is 3.11. The maximum atomic E-state index is 12.0. The van der Waals surface area contributed by atoms with Crippen molar-refractivity contribution in [1.29, 1.82) is 0 Å². The Bertz CT molecular complexity index is 737. The first-order valence-electron chi connectivity index (χ1n) is 6.94. The molecule has 0 saturated carbocycles. The van der Waals surface area contributed by atoms with Crippen LogP contribution in [-0.2, 0) is 9.53 Å². The molecule has 2 rings (SSSR count). The van der Waals surface area contributed by atoms with Crippen LogP contribution in [0, 0.1) is 0 Å². The van der Waals surface area contributed by atoms with Crippen LogP contribution in [0.1, 0.15) is 15.9 Å². The number of methoxy groups -OCH3 is 2. The number of hydrogen-bond donors (Lipinski definition) is 1. The summed E-state index contributed by atoms with van der Waals surface area (Å²) in [7, 11) is 2.88. The zero-order valence-corrected chi connectivity index (χ0v) is 12.9. The van der Waals surface area contributed by atoms with Crippen molar-refractivity contribution in [3.8, 4) is 5.75 Å². The summed E-state index contributed by atoms with van der Waals surface area (Å²) in [5, 5.41) is 2.67. The van der Waals surface area contributed by atoms with Crippen molar-refractivity contribution in [2.75, 3.05) is 19.5 Å². The lowest BCUT2D eigenvalue weighted by Gasteiger charge is -2.07. The van der Waals surface area contributed by atoms with Crippen LogP contribution in [0.4, 0.5) is 5.69 Å². The van der Waals surface area contributed by atoms with Gasteiger partial charge in [-0.05, 0) is 35.9 Å². The first kappa shape index (κ1) is 16.3. The first-order valence-corrected chi connectivity index (χ1v) is 6.94. The maximum absolute atomic E-state index is 12.0. The predicted octanol–water partition coefficient (Wildman–Crippen LogP) is 3.13. The average Bonchev–Trinajstić information content (AvgIpc) is 2.60. The molecule has 118 valence electrons. The Morgan fingerprint density at radius 3 is 2.57 bits per heavy atom. The molecule has 0 aliphatic heterocycles. The van der Waals surface area contributed by atoms with Gasteiger partial charge in [-0.1, -0.05) is 24.3 Å². The van der Waals surface area contributed by atoms with E-state index < -0.39 is 5.97 Å². The Morgan fingerprint density at radius 1 is 1.04 bits per heavy atom. The minimum absolute atomic E-state index is 0.304. The molecule has 0 radical (unpaired) electrons. The van der Waals surface area contributed by atoms with E-state index in [0.29, 0.717) is 17.0 Å². The van der Waals surface area contributed by atoms with Crippen molar-refractivity contribution in [2.24, 2.45) is 0 Å². The fourth-order valence-corrected chi connectivity index (χ4v) is 1.97. The number of anilines is 1. The summed E-state index contributed by atoms with van der Waals surface area (Å²) in [5.74, 6) is -0.134. The van der Waals surface area contributed by atoms with Crippen LogP contribution in [-0.4, -0.2) is 26.1 Å². The van der Waals surface area contributed by atoms with Gasteiger partial charge in [-0.25, -0.2) is 4.79 Å². The molecule has 0 bridgehead atoms. The average molecular weight is 311 g/mol. The zero-order chi connectivity index (χ0) is 16.7. The zero-order valence-electron chi connectivity index (χ0n) is 12.9. The molecule has 1 amide bonds. The van der Waals surface area contributed by atoms with E-state index in [1.165, 1.54) is 13.2 Å². The summed E-state index contributed by atoms with van der Waals surface area (Å²) < 4.78 is 9.82. The molecule has 0 atom stereocenters. The Balaban J connectivity index is 2.10. The number of carbonyl (C=O) groups is 2. The minimum atomic E-state index is -0.502. The number of para-hydroxylation sites is 1. The number of carbonyl (C=O) groups excluding carboxylic acids is 2. The van der Waals surface area contributed by atoms with Gasteiger partial charge in [0.25, 0.3) is 0 Å². The summed E-state index contributed by atoms with van der Waals surface area (Å²) in [6.45, 7) is 0. The standard InChI is InChI=1S/C18H17NO4/c1-22-14-7-5-6-13(12-14)10-11-17(20)19-16-9-4-3-8-15(16)18(21)23-2/h3-12H,1-2H3,(H,19,20)/b11-10+. The van der Waals surface area contributed by atoms with Gasteiger partial charge in [0.15, 0.2) is 0 Å². The quantitative estimate of drug-likeness (QED) is 0.680. The van der Waals surface area contributed by atoms with Crippen molar-refractivity contribution >= 4 is 23.6 Å². The first-order chi connectivity index (χ1) is 11.1. The van der Waals surface area contributed by atoms with Gasteiger partial charge >= 0.3 is 5.97 Å². The molecule has 0 saturated heterocycles. The van der Waals surface area contributed by atoms with E-state index in [-0.39, 0.29) is 5.91 Å². The number of ether oxygens (including phenoxy) is 2. The van der Waals surface area contributed by atoms with E-state index >= 15 is 0 Å². The fourth-order valence-electron chi connectivity index (χ4n) is 1.97. The maximum Gasteiger partial charge on any atom is 0.339 e. The molecule has 0 fully saturated rings. The third kappa shape index (κ3) is 4.44. The minimum Gasteiger partial charge on any atom is -0.497 e. The second-order valence-electron chi connectivity index (χ2n) is 4.64. The Morgan fingerprint density at radius 2 is 1.83 bits per heavy atom. The normalized spacial score (nSPS) is 10.3. The van der Waals surface area contributed by atoms with E-state index in [1.54, 1.807) is 37.5 Å². The van der Waals surface area contributed by atoms with Crippen LogP contribution in [0.2, 0.25) is 0 Å². The van der Waals surface area contributed by atoms with Crippen molar-refractivity contribution in [1.82, 2.24) is 0 Å². The molecule has 23 heavy (non-hydrogen) atoms. The van der Waals surface area contributed by atoms with Crippen LogP contribution < -0.4 is 10.1 Å². The molecule has 2 aromatic rings. The molecule has 0 spiro atoms. The molecule has 0 unspecified atom stereocenters. The van der Waals surface area contributed by atoms with E-state index in [2.05, 4.69) is 5.32 Å². The monoisotopic (exact) mass is 311 g/mol. The summed E-state index contributed by atoms with van der Waals surface area (Å²) in [6.07, 6.45) is 3.06. The van der Waals surface area contributed by atoms with Crippen LogP contribution in [0.5, 0.6) is 5.75 Å². The van der Waals surface area contributed by atoms with Crippen molar-refractivity contribution in [3.63, 3.8) is 0 Å². The highest BCUT2D eigenvalue weighted by Gasteiger charge is 2.11. The number of amides is 1. The third-order valence-electron chi connectivity index (χ3n) is 3.11. The summed E-state index contributed by atoms with van der Waals surface area (Å²) >= 11 is 0. The van der Waals surface area contributed by atoms with Gasteiger partial charge in [0.2, 0.25) is 5.91 Å². The Labute approximate surface area is 134 Å². The highest BCUT2D eigenvalue weighted by atomic mass is 16.5. The van der Waals surface area contributed by atoms with Gasteiger partial charge in [0.1, 0.15) is 5.75 Å². The number of rotatable bonds is 5. The number of esters is 1. The van der Waals surface area contributed by atoms with Crippen LogP contribution in [0.15, 0.2) is 54.6 Å². The summed E-state index contributed by atoms with van der Waals surface area (Å²) in [4.78, 5) is 23.7. The van der Waals surface area contributed by atoms with Gasteiger partial charge in [0, 0.05) is 6.08 Å². The topological polar surface area (TPSA) is 64.6 Å². The molecule has 5 nitrogen and oxygen atoms in total. The van der Waals surface area contributed by atoms with Gasteiger partial charge in [-0.2, -0.15) is 0 Å². The second-order valence-corrected chi connectivity index (χ2v) is 4.64. The number of benzene rings is 2. The summed E-state index contributed by atoms with van der Waals surface area (Å²) in [5.41, 5.74) is 1.54. The number of nitrogens with one attached hydrogen (secondary N) is 1. The molecule has 0 heterocycles. The molecular weight excluding hydrogens is 294 g/mol. The highest BCUT2D eigenvalue weighted by molar-refractivity contribution is 6.06. The molecule has 1 N–H and O–H groups in total. The van der Waals surface area contributed by atoms with Crippen molar-refractivity contribution < 1.29 is 19.1 Å². The van der Waals surface area contributed by atoms with Crippen LogP contribution in [0.3, 0.4) is 0 Å². The van der Waals surface area contributed by atoms with Crippen LogP contribution >= 0.6 is 0 Å². The Hall–Kier alpha value is -3.08. The lowest BCUT2D eigenvalue weighted by molar-refractivity contribution is -0.111. The molecule has 0 aromatic heterocycles. The SMILES string of the molecule is COC(=O)c1ccccc1NC(=O)/C=C/c1cccc(OC)c1. The highest BCUT2D eigenvalue weighted by Crippen LogP contribution is 2.17. The molecule has 5 heteroatoms. The lowest BCUT2D eigenvalue weighted by atomic mass is 10.1. The second kappa shape index (κ2) is 7.79. The number of hydrogen-bond acceptors (Lipinski definition) is 4. The molecule has 0 aliphatic rings.